The summed E-state index contributed by atoms with van der Waals surface area (Å²) in [4.78, 5) is 12.6. The lowest BCUT2D eigenvalue weighted by Gasteiger charge is -2.07. The van der Waals surface area contributed by atoms with E-state index in [1.807, 2.05) is 42.5 Å². The molecule has 27 heavy (non-hydrogen) atoms. The molecule has 6 heteroatoms. The molecule has 134 valence electrons. The van der Waals surface area contributed by atoms with Gasteiger partial charge >= 0.3 is 6.03 Å². The lowest BCUT2D eigenvalue weighted by molar-refractivity contribution is 0.252. The first kappa shape index (κ1) is 17.1. The van der Waals surface area contributed by atoms with Crippen molar-refractivity contribution >= 4 is 40.0 Å². The van der Waals surface area contributed by atoms with E-state index in [0.717, 1.165) is 6.42 Å². The first-order valence-corrected chi connectivity index (χ1v) is 8.86. The second kappa shape index (κ2) is 7.13. The molecular weight excluding hydrogens is 360 g/mol. The second-order valence-electron chi connectivity index (χ2n) is 6.25. The van der Waals surface area contributed by atoms with Crippen molar-refractivity contribution in [2.24, 2.45) is 0 Å². The van der Waals surface area contributed by atoms with Crippen LogP contribution in [-0.2, 0) is 6.42 Å². The summed E-state index contributed by atoms with van der Waals surface area (Å²) in [7, 11) is 0. The van der Waals surface area contributed by atoms with Gasteiger partial charge in [-0.1, -0.05) is 54.1 Å². The van der Waals surface area contributed by atoms with Crippen molar-refractivity contribution in [3.8, 4) is 0 Å². The van der Waals surface area contributed by atoms with Gasteiger partial charge in [-0.2, -0.15) is 4.68 Å². The van der Waals surface area contributed by atoms with Crippen LogP contribution in [0.5, 0.6) is 0 Å². The Labute approximate surface area is 161 Å². The fourth-order valence-corrected chi connectivity index (χ4v) is 3.15. The quantitative estimate of drug-likeness (QED) is 0.531. The molecule has 1 heterocycles. The SMILES string of the molecule is Nc1nn(C(=O)Nc2ccc(Cc3ccccc3)cc2)c2cc(Cl)ccc12. The van der Waals surface area contributed by atoms with Gasteiger partial charge in [0, 0.05) is 16.1 Å². The Balaban J connectivity index is 1.52. The first-order valence-electron chi connectivity index (χ1n) is 8.48. The zero-order valence-electron chi connectivity index (χ0n) is 14.4. The Kier molecular flexibility index (Phi) is 4.52. The van der Waals surface area contributed by atoms with Crippen LogP contribution in [0, 0.1) is 0 Å². The maximum Gasteiger partial charge on any atom is 0.347 e. The Morgan fingerprint density at radius 1 is 1.00 bits per heavy atom. The molecule has 0 spiro atoms. The predicted molar refractivity (Wildman–Crippen MR) is 109 cm³/mol. The number of carbonyl (C=O) groups excluding carboxylic acids is 1. The third-order valence-corrected chi connectivity index (χ3v) is 4.56. The summed E-state index contributed by atoms with van der Waals surface area (Å²) in [5.41, 5.74) is 9.55. The Morgan fingerprint density at radius 2 is 1.70 bits per heavy atom. The normalized spacial score (nSPS) is 10.9. The van der Waals surface area contributed by atoms with Crippen molar-refractivity contribution in [2.45, 2.75) is 6.42 Å². The molecule has 0 aliphatic carbocycles. The maximum absolute atomic E-state index is 12.6. The Hall–Kier alpha value is -3.31. The largest absolute Gasteiger partial charge is 0.382 e. The van der Waals surface area contributed by atoms with Crippen molar-refractivity contribution < 1.29 is 4.79 Å². The number of rotatable bonds is 3. The molecule has 0 bridgehead atoms. The first-order chi connectivity index (χ1) is 13.1. The van der Waals surface area contributed by atoms with E-state index in [0.29, 0.717) is 21.6 Å². The van der Waals surface area contributed by atoms with Gasteiger partial charge in [0.1, 0.15) is 0 Å². The topological polar surface area (TPSA) is 72.9 Å². The van der Waals surface area contributed by atoms with Gasteiger partial charge in [0.2, 0.25) is 0 Å². The second-order valence-corrected chi connectivity index (χ2v) is 6.68. The highest BCUT2D eigenvalue weighted by atomic mass is 35.5. The van der Waals surface area contributed by atoms with Gasteiger partial charge < -0.3 is 11.1 Å². The molecule has 0 fully saturated rings. The number of aromatic nitrogens is 2. The smallest absolute Gasteiger partial charge is 0.347 e. The van der Waals surface area contributed by atoms with Crippen LogP contribution in [0.25, 0.3) is 10.9 Å². The lowest BCUT2D eigenvalue weighted by Crippen LogP contribution is -2.20. The van der Waals surface area contributed by atoms with Crippen LogP contribution in [0.15, 0.2) is 72.8 Å². The van der Waals surface area contributed by atoms with Crippen molar-refractivity contribution in [3.05, 3.63) is 88.9 Å². The summed E-state index contributed by atoms with van der Waals surface area (Å²) in [6.45, 7) is 0. The number of anilines is 2. The number of amides is 1. The number of hydrogen-bond acceptors (Lipinski definition) is 3. The summed E-state index contributed by atoms with van der Waals surface area (Å²) in [5, 5.41) is 8.16. The highest BCUT2D eigenvalue weighted by molar-refractivity contribution is 6.31. The maximum atomic E-state index is 12.6. The van der Waals surface area contributed by atoms with Crippen LogP contribution >= 0.6 is 11.6 Å². The van der Waals surface area contributed by atoms with Gasteiger partial charge in [0.05, 0.1) is 5.52 Å². The summed E-state index contributed by atoms with van der Waals surface area (Å²) >= 11 is 6.04. The van der Waals surface area contributed by atoms with E-state index in [9.17, 15) is 4.79 Å². The Morgan fingerprint density at radius 3 is 2.44 bits per heavy atom. The van der Waals surface area contributed by atoms with Crippen LogP contribution in [0.3, 0.4) is 0 Å². The number of nitrogens with two attached hydrogens (primary N) is 1. The molecule has 5 nitrogen and oxygen atoms in total. The molecule has 4 aromatic rings. The molecule has 0 atom stereocenters. The zero-order chi connectivity index (χ0) is 18.8. The number of nitrogen functional groups attached to an aromatic ring is 1. The molecule has 0 saturated heterocycles. The number of nitrogens with zero attached hydrogens (tertiary/aromatic N) is 2. The van der Waals surface area contributed by atoms with Crippen LogP contribution < -0.4 is 11.1 Å². The van der Waals surface area contributed by atoms with Crippen molar-refractivity contribution in [1.29, 1.82) is 0 Å². The molecule has 1 aromatic heterocycles. The molecule has 3 aromatic carbocycles. The van der Waals surface area contributed by atoms with E-state index in [1.165, 1.54) is 15.8 Å². The van der Waals surface area contributed by atoms with Crippen LogP contribution in [-0.4, -0.2) is 15.8 Å². The zero-order valence-corrected chi connectivity index (χ0v) is 15.1. The standard InChI is InChI=1S/C21H17ClN4O/c22-16-8-11-18-19(13-16)26(25-20(18)23)21(27)24-17-9-6-15(7-10-17)12-14-4-2-1-3-5-14/h1-11,13H,12H2,(H2,23,25)(H,24,27). The minimum Gasteiger partial charge on any atom is -0.382 e. The molecule has 1 amide bonds. The fourth-order valence-electron chi connectivity index (χ4n) is 2.98. The number of hydrogen-bond donors (Lipinski definition) is 2. The molecule has 4 rings (SSSR count). The third kappa shape index (κ3) is 3.64. The van der Waals surface area contributed by atoms with Gasteiger partial charge in [-0.05, 0) is 47.9 Å². The van der Waals surface area contributed by atoms with Crippen LogP contribution in [0.1, 0.15) is 11.1 Å². The average Bonchev–Trinajstić information content (AvgIpc) is 3.00. The highest BCUT2D eigenvalue weighted by Gasteiger charge is 2.14. The number of halogens is 1. The van der Waals surface area contributed by atoms with Crippen molar-refractivity contribution in [1.82, 2.24) is 9.78 Å². The van der Waals surface area contributed by atoms with Gasteiger partial charge in [-0.15, -0.1) is 5.10 Å². The number of fused-ring (bicyclic) bond motifs is 1. The van der Waals surface area contributed by atoms with Crippen molar-refractivity contribution in [3.63, 3.8) is 0 Å². The van der Waals surface area contributed by atoms with E-state index in [2.05, 4.69) is 22.5 Å². The molecule has 0 aliphatic heterocycles. The monoisotopic (exact) mass is 376 g/mol. The molecule has 0 unspecified atom stereocenters. The van der Waals surface area contributed by atoms with E-state index in [-0.39, 0.29) is 5.82 Å². The van der Waals surface area contributed by atoms with E-state index in [1.54, 1.807) is 18.2 Å². The summed E-state index contributed by atoms with van der Waals surface area (Å²) in [6, 6.07) is 22.7. The predicted octanol–water partition coefficient (Wildman–Crippen LogP) is 4.94. The molecule has 3 N–H and O–H groups in total. The Bertz CT molecular complexity index is 1100. The van der Waals surface area contributed by atoms with E-state index in [4.69, 9.17) is 17.3 Å². The summed E-state index contributed by atoms with van der Waals surface area (Å²) in [6.07, 6.45) is 0.841. The minimum atomic E-state index is -0.394. The summed E-state index contributed by atoms with van der Waals surface area (Å²) in [5.74, 6) is 0.287. The molecule has 0 saturated carbocycles. The minimum absolute atomic E-state index is 0.287. The van der Waals surface area contributed by atoms with Crippen LogP contribution in [0.4, 0.5) is 16.3 Å². The van der Waals surface area contributed by atoms with Gasteiger partial charge in [-0.3, -0.25) is 0 Å². The summed E-state index contributed by atoms with van der Waals surface area (Å²) < 4.78 is 1.23. The third-order valence-electron chi connectivity index (χ3n) is 4.32. The number of benzene rings is 3. The molecular formula is C21H17ClN4O. The van der Waals surface area contributed by atoms with E-state index < -0.39 is 6.03 Å². The van der Waals surface area contributed by atoms with E-state index >= 15 is 0 Å². The lowest BCUT2D eigenvalue weighted by atomic mass is 10.0. The van der Waals surface area contributed by atoms with Gasteiger partial charge in [-0.25, -0.2) is 4.79 Å². The number of nitrogens with one attached hydrogen (secondary N) is 1. The molecule has 0 aliphatic rings. The fraction of sp³-hybridized carbons (Fsp3) is 0.0476. The van der Waals surface area contributed by atoms with Gasteiger partial charge in [0.15, 0.2) is 5.82 Å². The average molecular weight is 377 g/mol. The van der Waals surface area contributed by atoms with Gasteiger partial charge in [0.25, 0.3) is 0 Å². The van der Waals surface area contributed by atoms with Crippen LogP contribution in [0.2, 0.25) is 5.02 Å². The number of carbonyl (C=O) groups is 1. The highest BCUT2D eigenvalue weighted by Crippen LogP contribution is 2.24. The molecule has 0 radical (unpaired) electrons. The van der Waals surface area contributed by atoms with Crippen molar-refractivity contribution in [2.75, 3.05) is 11.1 Å².